The van der Waals surface area contributed by atoms with Crippen molar-refractivity contribution in [1.82, 2.24) is 5.32 Å². The van der Waals surface area contributed by atoms with Crippen molar-refractivity contribution in [3.05, 3.63) is 47.5 Å². The van der Waals surface area contributed by atoms with Gasteiger partial charge in [-0.15, -0.1) is 0 Å². The van der Waals surface area contributed by atoms with Crippen LogP contribution in [0.2, 0.25) is 0 Å². The summed E-state index contributed by atoms with van der Waals surface area (Å²) in [5, 5.41) is 14.6. The van der Waals surface area contributed by atoms with Crippen molar-refractivity contribution >= 4 is 16.7 Å². The van der Waals surface area contributed by atoms with E-state index in [0.717, 1.165) is 36.7 Å². The minimum atomic E-state index is -0.854. The van der Waals surface area contributed by atoms with Crippen molar-refractivity contribution in [1.29, 1.82) is 0 Å². The maximum Gasteiger partial charge on any atom is 0.336 e. The number of hydrogen-bond acceptors (Lipinski definition) is 2. The van der Waals surface area contributed by atoms with Crippen LogP contribution in [0, 0.1) is 0 Å². The number of piperidine rings is 1. The highest BCUT2D eigenvalue weighted by Gasteiger charge is 2.19. The Hall–Kier alpha value is -1.87. The minimum Gasteiger partial charge on any atom is -0.478 e. The maximum absolute atomic E-state index is 11.3. The van der Waals surface area contributed by atoms with Crippen LogP contribution in [0.1, 0.15) is 34.7 Å². The molecule has 2 N–H and O–H groups in total. The van der Waals surface area contributed by atoms with Crippen LogP contribution in [0.15, 0.2) is 36.4 Å². The number of carboxylic acids is 1. The molecule has 0 unspecified atom stereocenters. The van der Waals surface area contributed by atoms with Crippen LogP contribution in [0.4, 0.5) is 0 Å². The Morgan fingerprint density at radius 3 is 2.42 bits per heavy atom. The van der Waals surface area contributed by atoms with E-state index < -0.39 is 5.97 Å². The summed E-state index contributed by atoms with van der Waals surface area (Å²) in [5.41, 5.74) is 1.69. The Kier molecular flexibility index (Phi) is 3.22. The van der Waals surface area contributed by atoms with Gasteiger partial charge >= 0.3 is 5.97 Å². The van der Waals surface area contributed by atoms with E-state index in [0.29, 0.717) is 11.5 Å². The fourth-order valence-corrected chi connectivity index (χ4v) is 3.00. The maximum atomic E-state index is 11.3. The fourth-order valence-electron chi connectivity index (χ4n) is 3.00. The minimum absolute atomic E-state index is 0.397. The molecule has 3 nitrogen and oxygen atoms in total. The normalized spacial score (nSPS) is 16.6. The highest BCUT2D eigenvalue weighted by atomic mass is 16.4. The van der Waals surface area contributed by atoms with Gasteiger partial charge in [0.2, 0.25) is 0 Å². The average molecular weight is 255 g/mol. The molecule has 3 rings (SSSR count). The van der Waals surface area contributed by atoms with Crippen LogP contribution in [0.25, 0.3) is 10.8 Å². The second kappa shape index (κ2) is 5.02. The fraction of sp³-hybridized carbons (Fsp3) is 0.312. The van der Waals surface area contributed by atoms with E-state index in [1.807, 2.05) is 30.3 Å². The van der Waals surface area contributed by atoms with Crippen molar-refractivity contribution in [2.24, 2.45) is 0 Å². The second-order valence-corrected chi connectivity index (χ2v) is 5.08. The van der Waals surface area contributed by atoms with Crippen molar-refractivity contribution in [2.75, 3.05) is 13.1 Å². The Bertz CT molecular complexity index is 615. The predicted molar refractivity (Wildman–Crippen MR) is 75.8 cm³/mol. The van der Waals surface area contributed by atoms with Crippen molar-refractivity contribution in [2.45, 2.75) is 18.8 Å². The molecule has 98 valence electrons. The van der Waals surface area contributed by atoms with Gasteiger partial charge in [0.1, 0.15) is 0 Å². The van der Waals surface area contributed by atoms with Gasteiger partial charge in [-0.1, -0.05) is 30.3 Å². The summed E-state index contributed by atoms with van der Waals surface area (Å²) in [4.78, 5) is 11.3. The van der Waals surface area contributed by atoms with Gasteiger partial charge in [0.25, 0.3) is 0 Å². The number of hydrogen-bond donors (Lipinski definition) is 2. The molecule has 1 heterocycles. The van der Waals surface area contributed by atoms with Gasteiger partial charge in [-0.25, -0.2) is 4.79 Å². The third kappa shape index (κ3) is 2.22. The Morgan fingerprint density at radius 1 is 1.05 bits per heavy atom. The molecule has 1 aliphatic rings. The zero-order chi connectivity index (χ0) is 13.2. The van der Waals surface area contributed by atoms with Gasteiger partial charge < -0.3 is 10.4 Å². The van der Waals surface area contributed by atoms with Crippen LogP contribution < -0.4 is 5.32 Å². The molecular weight excluding hydrogens is 238 g/mol. The van der Waals surface area contributed by atoms with Gasteiger partial charge in [-0.05, 0) is 54.3 Å². The Balaban J connectivity index is 2.15. The summed E-state index contributed by atoms with van der Waals surface area (Å²) < 4.78 is 0. The van der Waals surface area contributed by atoms with Gasteiger partial charge in [-0.3, -0.25) is 0 Å². The first-order valence-corrected chi connectivity index (χ1v) is 6.73. The summed E-state index contributed by atoms with van der Waals surface area (Å²) in [7, 11) is 0. The summed E-state index contributed by atoms with van der Waals surface area (Å²) in [6.07, 6.45) is 2.24. The lowest BCUT2D eigenvalue weighted by Crippen LogP contribution is -2.26. The molecule has 0 aliphatic carbocycles. The van der Waals surface area contributed by atoms with Crippen molar-refractivity contribution in [3.8, 4) is 0 Å². The van der Waals surface area contributed by atoms with Crippen LogP contribution >= 0.6 is 0 Å². The van der Waals surface area contributed by atoms with E-state index in [9.17, 15) is 9.90 Å². The molecule has 2 aromatic carbocycles. The number of carboxylic acid groups (broad SMARTS) is 1. The third-order valence-corrected chi connectivity index (χ3v) is 3.97. The average Bonchev–Trinajstić information content (AvgIpc) is 2.47. The van der Waals surface area contributed by atoms with Gasteiger partial charge in [0.05, 0.1) is 5.56 Å². The largest absolute Gasteiger partial charge is 0.478 e. The SMILES string of the molecule is O=C(O)c1ccc(C2CCNCC2)c2ccccc12. The quantitative estimate of drug-likeness (QED) is 0.867. The summed E-state index contributed by atoms with van der Waals surface area (Å²) in [6, 6.07) is 11.6. The van der Waals surface area contributed by atoms with Crippen LogP contribution in [0.3, 0.4) is 0 Å². The highest BCUT2D eigenvalue weighted by Crippen LogP contribution is 2.32. The zero-order valence-electron chi connectivity index (χ0n) is 10.7. The Morgan fingerprint density at radius 2 is 1.74 bits per heavy atom. The van der Waals surface area contributed by atoms with E-state index in [4.69, 9.17) is 0 Å². The first-order valence-electron chi connectivity index (χ1n) is 6.73. The molecule has 0 spiro atoms. The zero-order valence-corrected chi connectivity index (χ0v) is 10.7. The van der Waals surface area contributed by atoms with Crippen LogP contribution in [-0.4, -0.2) is 24.2 Å². The van der Waals surface area contributed by atoms with Crippen molar-refractivity contribution < 1.29 is 9.90 Å². The van der Waals surface area contributed by atoms with E-state index >= 15 is 0 Å². The van der Waals surface area contributed by atoms with Gasteiger partial charge in [-0.2, -0.15) is 0 Å². The summed E-state index contributed by atoms with van der Waals surface area (Å²) in [5.74, 6) is -0.318. The molecule has 0 aromatic heterocycles. The molecule has 1 saturated heterocycles. The smallest absolute Gasteiger partial charge is 0.336 e. The molecule has 0 radical (unpaired) electrons. The molecule has 0 atom stereocenters. The van der Waals surface area contributed by atoms with Gasteiger partial charge in [0, 0.05) is 0 Å². The first-order chi connectivity index (χ1) is 9.27. The molecule has 0 bridgehead atoms. The Labute approximate surface area is 112 Å². The predicted octanol–water partition coefficient (Wildman–Crippen LogP) is 3.01. The third-order valence-electron chi connectivity index (χ3n) is 3.97. The van der Waals surface area contributed by atoms with Gasteiger partial charge in [0.15, 0.2) is 0 Å². The summed E-state index contributed by atoms with van der Waals surface area (Å²) in [6.45, 7) is 2.08. The molecular formula is C16H17NO2. The molecule has 19 heavy (non-hydrogen) atoms. The number of nitrogens with one attached hydrogen (secondary N) is 1. The molecule has 1 aliphatic heterocycles. The monoisotopic (exact) mass is 255 g/mol. The van der Waals surface area contributed by atoms with E-state index in [1.165, 1.54) is 5.56 Å². The number of benzene rings is 2. The number of aromatic carboxylic acids is 1. The second-order valence-electron chi connectivity index (χ2n) is 5.08. The first kappa shape index (κ1) is 12.2. The number of rotatable bonds is 2. The lowest BCUT2D eigenvalue weighted by atomic mass is 9.86. The number of fused-ring (bicyclic) bond motifs is 1. The lowest BCUT2D eigenvalue weighted by molar-refractivity contribution is 0.0699. The lowest BCUT2D eigenvalue weighted by Gasteiger charge is -2.24. The van der Waals surface area contributed by atoms with E-state index in [1.54, 1.807) is 6.07 Å². The standard InChI is InChI=1S/C16H17NO2/c18-16(19)15-6-5-12(11-7-9-17-10-8-11)13-3-1-2-4-14(13)15/h1-6,11,17H,7-10H2,(H,18,19). The molecule has 1 fully saturated rings. The molecule has 2 aromatic rings. The topological polar surface area (TPSA) is 49.3 Å². The number of carbonyl (C=O) groups is 1. The molecule has 3 heteroatoms. The molecule has 0 amide bonds. The highest BCUT2D eigenvalue weighted by molar-refractivity contribution is 6.04. The van der Waals surface area contributed by atoms with Crippen LogP contribution in [0.5, 0.6) is 0 Å². The summed E-state index contributed by atoms with van der Waals surface area (Å²) >= 11 is 0. The van der Waals surface area contributed by atoms with E-state index in [-0.39, 0.29) is 0 Å². The van der Waals surface area contributed by atoms with Crippen LogP contribution in [-0.2, 0) is 0 Å². The van der Waals surface area contributed by atoms with Crippen molar-refractivity contribution in [3.63, 3.8) is 0 Å². The van der Waals surface area contributed by atoms with E-state index in [2.05, 4.69) is 5.32 Å². The molecule has 0 saturated carbocycles.